The van der Waals surface area contributed by atoms with Gasteiger partial charge in [0.05, 0.1) is 0 Å². The van der Waals surface area contributed by atoms with Crippen LogP contribution >= 0.6 is 0 Å². The Morgan fingerprint density at radius 1 is 0.812 bits per heavy atom. The monoisotopic (exact) mass is 209 g/mol. The molecule has 0 aliphatic heterocycles. The fourth-order valence-corrected chi connectivity index (χ4v) is 1.49. The molecule has 2 rings (SSSR count). The highest BCUT2D eigenvalue weighted by Crippen LogP contribution is 2.01. The summed E-state index contributed by atoms with van der Waals surface area (Å²) in [6, 6.07) is 20.6. The molecule has 0 saturated heterocycles. The second-order valence-corrected chi connectivity index (χ2v) is 3.61. The summed E-state index contributed by atoms with van der Waals surface area (Å²) in [7, 11) is 0. The first kappa shape index (κ1) is 10.5. The summed E-state index contributed by atoms with van der Waals surface area (Å²) >= 11 is 0. The van der Waals surface area contributed by atoms with Crippen molar-refractivity contribution in [2.24, 2.45) is 0 Å². The molecule has 0 bridgehead atoms. The topological polar surface area (TPSA) is 12.0 Å². The molecule has 0 aromatic heterocycles. The van der Waals surface area contributed by atoms with Crippen LogP contribution in [0.3, 0.4) is 0 Å². The highest BCUT2D eigenvalue weighted by Gasteiger charge is 1.86. The summed E-state index contributed by atoms with van der Waals surface area (Å²) in [5, 5.41) is 3.27. The Morgan fingerprint density at radius 3 is 2.12 bits per heavy atom. The summed E-state index contributed by atoms with van der Waals surface area (Å²) in [5.74, 6) is 0. The first-order valence-corrected chi connectivity index (χ1v) is 5.44. The van der Waals surface area contributed by atoms with Gasteiger partial charge < -0.3 is 5.32 Å². The third kappa shape index (κ3) is 3.28. The van der Waals surface area contributed by atoms with Crippen LogP contribution in [0.1, 0.15) is 11.1 Å². The van der Waals surface area contributed by atoms with E-state index in [9.17, 15) is 0 Å². The maximum atomic E-state index is 3.27. The van der Waals surface area contributed by atoms with E-state index in [-0.39, 0.29) is 0 Å². The molecule has 16 heavy (non-hydrogen) atoms. The molecule has 0 saturated carbocycles. The van der Waals surface area contributed by atoms with E-state index < -0.39 is 0 Å². The van der Waals surface area contributed by atoms with Crippen LogP contribution in [-0.2, 0) is 6.54 Å². The van der Waals surface area contributed by atoms with Crippen molar-refractivity contribution in [1.82, 2.24) is 5.32 Å². The molecule has 0 amide bonds. The van der Waals surface area contributed by atoms with E-state index in [1.165, 1.54) is 11.1 Å². The molecule has 0 fully saturated rings. The lowest BCUT2D eigenvalue weighted by Gasteiger charge is -2.00. The molecule has 0 aliphatic rings. The number of nitrogens with one attached hydrogen (secondary N) is 1. The van der Waals surface area contributed by atoms with Gasteiger partial charge in [0.2, 0.25) is 0 Å². The van der Waals surface area contributed by atoms with E-state index in [2.05, 4.69) is 47.8 Å². The van der Waals surface area contributed by atoms with Gasteiger partial charge in [-0.3, -0.25) is 0 Å². The van der Waals surface area contributed by atoms with Gasteiger partial charge in [0.15, 0.2) is 0 Å². The van der Waals surface area contributed by atoms with Gasteiger partial charge in [-0.2, -0.15) is 0 Å². The minimum Gasteiger partial charge on any atom is -0.387 e. The summed E-state index contributed by atoms with van der Waals surface area (Å²) < 4.78 is 0. The molecular weight excluding hydrogens is 194 g/mol. The second-order valence-electron chi connectivity index (χ2n) is 3.61. The average Bonchev–Trinajstić information content (AvgIpc) is 2.37. The van der Waals surface area contributed by atoms with Crippen LogP contribution in [0.2, 0.25) is 0 Å². The maximum Gasteiger partial charge on any atom is 0.0395 e. The first-order chi connectivity index (χ1) is 7.95. The molecule has 0 aliphatic carbocycles. The Bertz CT molecular complexity index is 432. The van der Waals surface area contributed by atoms with Crippen LogP contribution in [-0.4, -0.2) is 0 Å². The van der Waals surface area contributed by atoms with E-state index in [0.29, 0.717) is 0 Å². The molecule has 0 heterocycles. The number of rotatable bonds is 4. The van der Waals surface area contributed by atoms with Crippen molar-refractivity contribution in [3.8, 4) is 0 Å². The lowest BCUT2D eigenvalue weighted by atomic mass is 10.2. The number of hydrogen-bond donors (Lipinski definition) is 1. The zero-order valence-electron chi connectivity index (χ0n) is 9.14. The first-order valence-electron chi connectivity index (χ1n) is 5.44. The quantitative estimate of drug-likeness (QED) is 0.813. The molecular formula is C15H15N. The van der Waals surface area contributed by atoms with Gasteiger partial charge in [-0.1, -0.05) is 60.7 Å². The predicted octanol–water partition coefficient (Wildman–Crippen LogP) is 3.45. The van der Waals surface area contributed by atoms with Gasteiger partial charge in [0.25, 0.3) is 0 Å². The smallest absolute Gasteiger partial charge is 0.0395 e. The Kier molecular flexibility index (Phi) is 3.78. The number of hydrogen-bond acceptors (Lipinski definition) is 1. The van der Waals surface area contributed by atoms with Crippen molar-refractivity contribution in [1.29, 1.82) is 0 Å². The summed E-state index contributed by atoms with van der Waals surface area (Å²) in [4.78, 5) is 0. The molecule has 2 aromatic rings. The summed E-state index contributed by atoms with van der Waals surface area (Å²) in [6.07, 6.45) is 4.06. The van der Waals surface area contributed by atoms with Crippen LogP contribution < -0.4 is 5.32 Å². The van der Waals surface area contributed by atoms with Crippen molar-refractivity contribution in [2.75, 3.05) is 0 Å². The largest absolute Gasteiger partial charge is 0.387 e. The highest BCUT2D eigenvalue weighted by molar-refractivity contribution is 5.48. The third-order valence-corrected chi connectivity index (χ3v) is 2.34. The van der Waals surface area contributed by atoms with E-state index in [1.54, 1.807) is 0 Å². The number of benzene rings is 2. The molecule has 1 heteroatoms. The molecule has 0 unspecified atom stereocenters. The SMILES string of the molecule is C(=Cc1ccccc1)NCc1ccccc1. The second kappa shape index (κ2) is 5.76. The van der Waals surface area contributed by atoms with Crippen LogP contribution in [0.5, 0.6) is 0 Å². The van der Waals surface area contributed by atoms with Crippen LogP contribution in [0.25, 0.3) is 6.08 Å². The van der Waals surface area contributed by atoms with E-state index in [4.69, 9.17) is 0 Å². The van der Waals surface area contributed by atoms with Crippen molar-refractivity contribution in [2.45, 2.75) is 6.54 Å². The highest BCUT2D eigenvalue weighted by atomic mass is 14.8. The molecule has 1 nitrogen and oxygen atoms in total. The maximum absolute atomic E-state index is 3.27. The Morgan fingerprint density at radius 2 is 1.44 bits per heavy atom. The average molecular weight is 209 g/mol. The fraction of sp³-hybridized carbons (Fsp3) is 0.0667. The zero-order chi connectivity index (χ0) is 11.1. The Hall–Kier alpha value is -2.02. The standard InChI is InChI=1S/C15H15N/c1-3-7-14(8-4-1)11-12-16-13-15-9-5-2-6-10-15/h1-12,16H,13H2. The predicted molar refractivity (Wildman–Crippen MR) is 68.8 cm³/mol. The molecule has 2 aromatic carbocycles. The van der Waals surface area contributed by atoms with Gasteiger partial charge in [-0.15, -0.1) is 0 Å². The molecule has 0 spiro atoms. The van der Waals surface area contributed by atoms with Gasteiger partial charge in [-0.05, 0) is 23.4 Å². The molecule has 1 N–H and O–H groups in total. The summed E-state index contributed by atoms with van der Waals surface area (Å²) in [5.41, 5.74) is 2.50. The minimum absolute atomic E-state index is 0.865. The lowest BCUT2D eigenvalue weighted by Crippen LogP contribution is -2.03. The van der Waals surface area contributed by atoms with E-state index >= 15 is 0 Å². The van der Waals surface area contributed by atoms with Crippen molar-refractivity contribution in [3.63, 3.8) is 0 Å². The van der Waals surface area contributed by atoms with E-state index in [0.717, 1.165) is 6.54 Å². The molecule has 0 atom stereocenters. The Balaban J connectivity index is 1.83. The molecule has 0 radical (unpaired) electrons. The third-order valence-electron chi connectivity index (χ3n) is 2.34. The zero-order valence-corrected chi connectivity index (χ0v) is 9.14. The minimum atomic E-state index is 0.865. The summed E-state index contributed by atoms with van der Waals surface area (Å²) in [6.45, 7) is 0.865. The Labute approximate surface area is 96.4 Å². The van der Waals surface area contributed by atoms with Crippen molar-refractivity contribution >= 4 is 6.08 Å². The normalized spacial score (nSPS) is 10.5. The lowest BCUT2D eigenvalue weighted by molar-refractivity contribution is 0.874. The van der Waals surface area contributed by atoms with Crippen LogP contribution in [0.4, 0.5) is 0 Å². The van der Waals surface area contributed by atoms with Gasteiger partial charge in [-0.25, -0.2) is 0 Å². The fourth-order valence-electron chi connectivity index (χ4n) is 1.49. The van der Waals surface area contributed by atoms with Crippen molar-refractivity contribution < 1.29 is 0 Å². The van der Waals surface area contributed by atoms with E-state index in [1.807, 2.05) is 30.5 Å². The van der Waals surface area contributed by atoms with Gasteiger partial charge in [0, 0.05) is 6.54 Å². The van der Waals surface area contributed by atoms with Crippen molar-refractivity contribution in [3.05, 3.63) is 78.0 Å². The van der Waals surface area contributed by atoms with Gasteiger partial charge in [0.1, 0.15) is 0 Å². The van der Waals surface area contributed by atoms with Crippen LogP contribution in [0.15, 0.2) is 66.9 Å². The molecule has 80 valence electrons. The van der Waals surface area contributed by atoms with Crippen LogP contribution in [0, 0.1) is 0 Å². The van der Waals surface area contributed by atoms with Gasteiger partial charge >= 0.3 is 0 Å².